The highest BCUT2D eigenvalue weighted by Gasteiger charge is 2.49. The maximum absolute atomic E-state index is 16.0. The van der Waals surface area contributed by atoms with Crippen LogP contribution in [0.3, 0.4) is 0 Å². The number of hydrogen-bond donors (Lipinski definition) is 7. The Kier molecular flexibility index (Phi) is 25.1. The molecule has 7 N–H and O–H groups in total. The number of quaternary nitrogens is 1. The standard InChI is InChI=1S/C73H108N14O17/c1-35(2)50-68(97)85-29-21-23-45(85)66(95)81(17)33-47(88)83(19)57(37(5)6)70(99)102-41(11)52(64(93)77-50)79-62(91)44-26-25-39(9)60-54(44)76-56-49(55(59(90)40(10)61(56)104-60)75-28-27-74-43-31-72(13,14)87(101)73(15,16)32-43)63(92)80-53-42(12)103-71(100)58(38(7)8)84(20)48(89)34-82(18)67(96)46-24-22-30-86(46)69(98)51(36(3)4)78-65(53)94/h25-26,35-38,41-43,45-46,50-53,57-58,74-75,87H,21-24,27-34H2,1-20H3,(H,77,93)(H,78,94)(H,79,91)(H,80,92)/t41-,42-,45+,46+,50-,51-,52+,53+,57+,58+/m1/s1. The number of aromatic nitrogens is 1. The van der Waals surface area contributed by atoms with Gasteiger partial charge in [0.25, 0.3) is 11.8 Å². The lowest BCUT2D eigenvalue weighted by atomic mass is 9.79. The molecule has 10 amide bonds. The molecule has 6 heterocycles. The SMILES string of the molecule is Cc1c2oc3c(C)ccc(C(=O)N[C@@H]4C(=O)N[C@H](C(C)C)C(=O)N5CCC[C@H]5C(=O)N(C)CC(=O)N(C)[C@@H](C(C)C)C(=O)O[C@@H]4C)c3nc-2c(C(=O)N[C@@H]2C(=O)N[C@H](C(C)C)C(=O)N3CCC[C@H]3C(=O)N(C)CC(=O)N(C)[C@@H](C(C)C)C(=O)O[C@@H]2C)c(NCCNC2CC(C)(C)[NH+]([O-])C(C)(C)C2)c1=O. The van der Waals surface area contributed by atoms with Gasteiger partial charge >= 0.3 is 11.9 Å². The Morgan fingerprint density at radius 2 is 1.08 bits per heavy atom. The van der Waals surface area contributed by atoms with Crippen LogP contribution in [-0.4, -0.2) is 251 Å². The predicted molar refractivity (Wildman–Crippen MR) is 383 cm³/mol. The van der Waals surface area contributed by atoms with E-state index in [0.29, 0.717) is 31.2 Å². The molecule has 6 aliphatic heterocycles. The Morgan fingerprint density at radius 1 is 0.635 bits per heavy atom. The molecule has 572 valence electrons. The highest BCUT2D eigenvalue weighted by molar-refractivity contribution is 6.11. The zero-order valence-electron chi connectivity index (χ0n) is 63.9. The predicted octanol–water partition coefficient (Wildman–Crippen LogP) is 1.25. The van der Waals surface area contributed by atoms with Gasteiger partial charge in [-0.2, -0.15) is 0 Å². The quantitative estimate of drug-likeness (QED) is 0.0548. The number of likely N-dealkylation sites (N-methyl/N-ethyl adjacent to an activating group) is 4. The van der Waals surface area contributed by atoms with Crippen LogP contribution < -0.4 is 42.4 Å². The summed E-state index contributed by atoms with van der Waals surface area (Å²) in [5.74, 6) is -12.4. The third kappa shape index (κ3) is 16.8. The van der Waals surface area contributed by atoms with Crippen LogP contribution in [0.25, 0.3) is 22.6 Å². The average molecular weight is 1450 g/mol. The monoisotopic (exact) mass is 1450 g/mol. The van der Waals surface area contributed by atoms with E-state index in [1.807, 2.05) is 27.7 Å². The Morgan fingerprint density at radius 3 is 1.51 bits per heavy atom. The number of aryl methyl sites for hydroxylation is 1. The normalized spacial score (nSPS) is 27.6. The fraction of sp³-hybridized carbons (Fsp3) is 0.671. The van der Waals surface area contributed by atoms with Crippen LogP contribution in [0, 0.1) is 42.7 Å². The number of carbonyl (C=O) groups is 12. The molecule has 0 bridgehead atoms. The molecule has 0 aromatic heterocycles. The minimum absolute atomic E-state index is 0.0357. The van der Waals surface area contributed by atoms with Gasteiger partial charge in [-0.05, 0) is 116 Å². The number of piperidine rings is 1. The molecule has 0 saturated carbocycles. The van der Waals surface area contributed by atoms with Gasteiger partial charge < -0.3 is 85.5 Å². The Hall–Kier alpha value is -8.84. The summed E-state index contributed by atoms with van der Waals surface area (Å²) in [6.07, 6.45) is -0.740. The summed E-state index contributed by atoms with van der Waals surface area (Å²) in [5.41, 5.74) is -3.60. The molecule has 0 spiro atoms. The number of nitrogens with zero attached hydrogens (tertiary/aromatic N) is 7. The smallest absolute Gasteiger partial charge is 0.329 e. The van der Waals surface area contributed by atoms with Gasteiger partial charge in [-0.25, -0.2) is 14.6 Å². The van der Waals surface area contributed by atoms with Gasteiger partial charge in [-0.3, -0.25) is 52.7 Å². The molecule has 7 aliphatic rings. The number of esters is 2. The summed E-state index contributed by atoms with van der Waals surface area (Å²) >= 11 is 0. The van der Waals surface area contributed by atoms with Crippen LogP contribution in [0.2, 0.25) is 0 Å². The number of cyclic esters (lactones) is 2. The van der Waals surface area contributed by atoms with E-state index >= 15 is 24.0 Å². The molecule has 5 saturated heterocycles. The van der Waals surface area contributed by atoms with E-state index in [1.165, 1.54) is 80.7 Å². The van der Waals surface area contributed by atoms with Crippen molar-refractivity contribution in [1.82, 2.24) is 61.0 Å². The fourth-order valence-electron chi connectivity index (χ4n) is 15.4. The zero-order valence-corrected chi connectivity index (χ0v) is 63.9. The summed E-state index contributed by atoms with van der Waals surface area (Å²) in [4.78, 5) is 204. The van der Waals surface area contributed by atoms with Crippen molar-refractivity contribution in [2.24, 2.45) is 23.7 Å². The van der Waals surface area contributed by atoms with Gasteiger partial charge in [-0.1, -0.05) is 61.5 Å². The first kappa shape index (κ1) is 80.8. The van der Waals surface area contributed by atoms with Gasteiger partial charge in [0, 0.05) is 78.8 Å². The number of nitrogens with one attached hydrogen (secondary N) is 7. The van der Waals surface area contributed by atoms with E-state index in [-0.39, 0.29) is 89.5 Å². The lowest BCUT2D eigenvalue weighted by Crippen LogP contribution is -3.23. The molecule has 1 aromatic rings. The molecule has 31 nitrogen and oxygen atoms in total. The van der Waals surface area contributed by atoms with E-state index in [4.69, 9.17) is 18.9 Å². The number of ether oxygens (including phenoxy) is 2. The van der Waals surface area contributed by atoms with Gasteiger partial charge in [-0.15, -0.1) is 0 Å². The summed E-state index contributed by atoms with van der Waals surface area (Å²) < 4.78 is 18.8. The zero-order chi connectivity index (χ0) is 77.4. The molecule has 0 unspecified atom stereocenters. The maximum atomic E-state index is 16.0. The molecule has 104 heavy (non-hydrogen) atoms. The fourth-order valence-corrected chi connectivity index (χ4v) is 15.4. The summed E-state index contributed by atoms with van der Waals surface area (Å²) in [7, 11) is 5.62. The minimum atomic E-state index is -1.91. The molecule has 0 radical (unpaired) electrons. The van der Waals surface area contributed by atoms with Gasteiger partial charge in [0.1, 0.15) is 71.8 Å². The Balaban J connectivity index is 1.27. The van der Waals surface area contributed by atoms with Crippen molar-refractivity contribution >= 4 is 87.8 Å². The third-order valence-electron chi connectivity index (χ3n) is 21.1. The van der Waals surface area contributed by atoms with Crippen LogP contribution in [-0.2, 0) is 57.4 Å². The van der Waals surface area contributed by atoms with Crippen molar-refractivity contribution in [3.63, 3.8) is 0 Å². The number of hydroxylamine groups is 2. The molecule has 1 aliphatic carbocycles. The number of rotatable bonds is 13. The number of anilines is 1. The maximum Gasteiger partial charge on any atom is 0.329 e. The van der Waals surface area contributed by atoms with Crippen LogP contribution in [0.5, 0.6) is 0 Å². The Bertz CT molecular complexity index is 3850. The number of benzene rings is 2. The van der Waals surface area contributed by atoms with Crippen molar-refractivity contribution in [3.8, 4) is 11.5 Å². The first-order chi connectivity index (χ1) is 48.5. The lowest BCUT2D eigenvalue weighted by Gasteiger charge is -2.54. The summed E-state index contributed by atoms with van der Waals surface area (Å²) in [6.45, 7) is 26.3. The highest BCUT2D eigenvalue weighted by Crippen LogP contribution is 2.37. The first-order valence-electron chi connectivity index (χ1n) is 36.2. The van der Waals surface area contributed by atoms with Crippen molar-refractivity contribution in [3.05, 3.63) is 49.8 Å². The van der Waals surface area contributed by atoms with Crippen molar-refractivity contribution in [2.75, 3.05) is 72.8 Å². The second-order valence-electron chi connectivity index (χ2n) is 31.6. The third-order valence-corrected chi connectivity index (χ3v) is 21.1. The number of hydrogen-bond acceptors (Lipinski definition) is 20. The first-order valence-corrected chi connectivity index (χ1v) is 36.2. The summed E-state index contributed by atoms with van der Waals surface area (Å²) in [5, 5.41) is 31.2. The molecular formula is C73H108N14O17. The second kappa shape index (κ2) is 32.3. The highest BCUT2D eigenvalue weighted by atomic mass is 16.6. The average Bonchev–Trinajstić information content (AvgIpc) is 0.806. The molecular weight excluding hydrogens is 1340 g/mol. The van der Waals surface area contributed by atoms with Gasteiger partial charge in [0.2, 0.25) is 52.7 Å². The minimum Gasteiger partial charge on any atom is -0.634 e. The van der Waals surface area contributed by atoms with E-state index in [1.54, 1.807) is 62.3 Å². The largest absolute Gasteiger partial charge is 0.634 e. The molecule has 8 rings (SSSR count). The number of carbonyl (C=O) groups excluding carboxylic acids is 12. The van der Waals surface area contributed by atoms with E-state index in [0.717, 1.165) is 9.80 Å². The van der Waals surface area contributed by atoms with Gasteiger partial charge in [0.15, 0.2) is 11.3 Å². The van der Waals surface area contributed by atoms with Crippen molar-refractivity contribution in [1.29, 1.82) is 0 Å². The van der Waals surface area contributed by atoms with E-state index in [2.05, 4.69) is 31.9 Å². The van der Waals surface area contributed by atoms with Crippen molar-refractivity contribution < 1.29 is 76.5 Å². The van der Waals surface area contributed by atoms with Crippen LogP contribution in [0.4, 0.5) is 5.69 Å². The summed E-state index contributed by atoms with van der Waals surface area (Å²) in [6, 6.07) is -8.17. The number of amides is 10. The van der Waals surface area contributed by atoms with Crippen LogP contribution in [0.15, 0.2) is 21.3 Å². The molecule has 5 fully saturated rings. The topological polar surface area (TPSA) is 386 Å². The molecule has 10 atom stereocenters. The second-order valence-corrected chi connectivity index (χ2v) is 31.6. The van der Waals surface area contributed by atoms with Gasteiger partial charge in [0.05, 0.1) is 41.0 Å². The van der Waals surface area contributed by atoms with Crippen LogP contribution in [0.1, 0.15) is 167 Å². The van der Waals surface area contributed by atoms with Crippen molar-refractivity contribution in [2.45, 2.75) is 227 Å². The lowest BCUT2D eigenvalue weighted by molar-refractivity contribution is -0.955. The molecule has 31 heteroatoms. The van der Waals surface area contributed by atoms with Crippen LogP contribution >= 0.6 is 0 Å². The number of fused-ring (bicyclic) bond motifs is 4. The van der Waals surface area contributed by atoms with E-state index in [9.17, 15) is 43.6 Å². The molecule has 1 aromatic carbocycles. The van der Waals surface area contributed by atoms with E-state index < -0.39 is 190 Å². The Labute approximate surface area is 607 Å².